The van der Waals surface area contributed by atoms with Crippen LogP contribution in [0.2, 0.25) is 0 Å². The molecule has 0 bridgehead atoms. The number of aromatic amines is 1. The standard InChI is InChI=1S/C19H26N4O2S/c1-12-6-5-7-13(2)23(12)18(24)14(3)26-19-20-17(21-22-19)15-8-10-16(25-4)11-9-15/h8-14H,5-7H2,1-4H3,(H,20,21,22)/t12-,13+,14-/m1/s1. The van der Waals surface area contributed by atoms with Crippen molar-refractivity contribution in [2.45, 2.75) is 62.5 Å². The molecule has 6 nitrogen and oxygen atoms in total. The molecule has 1 saturated heterocycles. The number of aromatic nitrogens is 3. The fourth-order valence-electron chi connectivity index (χ4n) is 3.45. The van der Waals surface area contributed by atoms with Crippen LogP contribution in [-0.2, 0) is 4.79 Å². The first kappa shape index (κ1) is 18.8. The zero-order valence-corrected chi connectivity index (χ0v) is 16.5. The number of H-pyrrole nitrogens is 1. The van der Waals surface area contributed by atoms with E-state index in [0.717, 1.165) is 24.2 Å². The van der Waals surface area contributed by atoms with Crippen LogP contribution in [0.4, 0.5) is 0 Å². The number of rotatable bonds is 5. The molecule has 7 heteroatoms. The molecule has 2 heterocycles. The maximum atomic E-state index is 12.9. The molecule has 1 N–H and O–H groups in total. The second-order valence-electron chi connectivity index (χ2n) is 6.83. The molecule has 140 valence electrons. The van der Waals surface area contributed by atoms with Crippen LogP contribution in [0, 0.1) is 0 Å². The van der Waals surface area contributed by atoms with E-state index in [1.54, 1.807) is 7.11 Å². The lowest BCUT2D eigenvalue weighted by molar-refractivity contribution is -0.136. The number of amides is 1. The number of hydrogen-bond acceptors (Lipinski definition) is 5. The predicted octanol–water partition coefficient (Wildman–Crippen LogP) is 3.75. The first-order valence-electron chi connectivity index (χ1n) is 9.05. The molecular formula is C19H26N4O2S. The van der Waals surface area contributed by atoms with Gasteiger partial charge in [-0.1, -0.05) is 11.8 Å². The molecule has 0 spiro atoms. The second kappa shape index (κ2) is 8.12. The maximum Gasteiger partial charge on any atom is 0.236 e. The summed E-state index contributed by atoms with van der Waals surface area (Å²) in [5.41, 5.74) is 0.933. The van der Waals surface area contributed by atoms with E-state index in [1.165, 1.54) is 18.2 Å². The van der Waals surface area contributed by atoms with Gasteiger partial charge in [0, 0.05) is 17.6 Å². The normalized spacial score (nSPS) is 21.5. The van der Waals surface area contributed by atoms with E-state index < -0.39 is 0 Å². The van der Waals surface area contributed by atoms with Gasteiger partial charge in [0.15, 0.2) is 5.82 Å². The summed E-state index contributed by atoms with van der Waals surface area (Å²) >= 11 is 1.40. The van der Waals surface area contributed by atoms with Gasteiger partial charge in [-0.15, -0.1) is 5.10 Å². The topological polar surface area (TPSA) is 71.1 Å². The summed E-state index contributed by atoms with van der Waals surface area (Å²) in [6.07, 6.45) is 3.35. The molecule has 1 aliphatic rings. The molecule has 3 rings (SSSR count). The van der Waals surface area contributed by atoms with Crippen molar-refractivity contribution in [2.75, 3.05) is 7.11 Å². The lowest BCUT2D eigenvalue weighted by atomic mass is 9.97. The summed E-state index contributed by atoms with van der Waals surface area (Å²) in [4.78, 5) is 19.5. The largest absolute Gasteiger partial charge is 0.497 e. The van der Waals surface area contributed by atoms with Crippen molar-refractivity contribution in [1.29, 1.82) is 0 Å². The first-order valence-corrected chi connectivity index (χ1v) is 9.93. The van der Waals surface area contributed by atoms with Gasteiger partial charge in [0.2, 0.25) is 11.1 Å². The first-order chi connectivity index (χ1) is 12.5. The number of ether oxygens (including phenoxy) is 1. The number of methoxy groups -OCH3 is 1. The summed E-state index contributed by atoms with van der Waals surface area (Å²) in [6, 6.07) is 8.23. The highest BCUT2D eigenvalue weighted by atomic mass is 32.2. The summed E-state index contributed by atoms with van der Waals surface area (Å²) < 4.78 is 5.17. The third-order valence-corrected chi connectivity index (χ3v) is 5.85. The molecule has 0 radical (unpaired) electrons. The molecule has 1 fully saturated rings. The van der Waals surface area contributed by atoms with Crippen LogP contribution in [-0.4, -0.2) is 50.4 Å². The Bertz CT molecular complexity index is 736. The van der Waals surface area contributed by atoms with Crippen LogP contribution in [0.15, 0.2) is 29.4 Å². The van der Waals surface area contributed by atoms with Crippen molar-refractivity contribution >= 4 is 17.7 Å². The highest BCUT2D eigenvalue weighted by Crippen LogP contribution is 2.29. The van der Waals surface area contributed by atoms with Gasteiger partial charge in [0.05, 0.1) is 12.4 Å². The Balaban J connectivity index is 1.67. The van der Waals surface area contributed by atoms with Gasteiger partial charge in [0.1, 0.15) is 5.75 Å². The summed E-state index contributed by atoms with van der Waals surface area (Å²) in [5, 5.41) is 7.60. The van der Waals surface area contributed by atoms with E-state index in [9.17, 15) is 4.79 Å². The molecular weight excluding hydrogens is 348 g/mol. The Kier molecular flexibility index (Phi) is 5.86. The summed E-state index contributed by atoms with van der Waals surface area (Å²) in [5.74, 6) is 1.66. The third-order valence-electron chi connectivity index (χ3n) is 4.91. The van der Waals surface area contributed by atoms with Crippen LogP contribution < -0.4 is 4.74 Å². The number of hydrogen-bond donors (Lipinski definition) is 1. The van der Waals surface area contributed by atoms with Crippen LogP contribution in [0.3, 0.4) is 0 Å². The van der Waals surface area contributed by atoms with Crippen molar-refractivity contribution in [2.24, 2.45) is 0 Å². The van der Waals surface area contributed by atoms with E-state index in [4.69, 9.17) is 4.74 Å². The van der Waals surface area contributed by atoms with E-state index in [0.29, 0.717) is 23.1 Å². The molecule has 2 aromatic rings. The summed E-state index contributed by atoms with van der Waals surface area (Å²) in [6.45, 7) is 6.21. The molecule has 3 atom stereocenters. The fourth-order valence-corrected chi connectivity index (χ4v) is 4.23. The Morgan fingerprint density at radius 3 is 2.54 bits per heavy atom. The van der Waals surface area contributed by atoms with Gasteiger partial charge < -0.3 is 9.64 Å². The van der Waals surface area contributed by atoms with Gasteiger partial charge in [-0.05, 0) is 64.3 Å². The molecule has 0 saturated carbocycles. The Hall–Kier alpha value is -2.02. The number of carbonyl (C=O) groups is 1. The number of thioether (sulfide) groups is 1. The molecule has 1 aliphatic heterocycles. The van der Waals surface area contributed by atoms with Gasteiger partial charge in [-0.3, -0.25) is 9.89 Å². The van der Waals surface area contributed by atoms with Crippen LogP contribution in [0.5, 0.6) is 5.75 Å². The SMILES string of the molecule is COc1ccc(-c2nc(S[C@H](C)C(=O)N3[C@H](C)CCC[C@@H]3C)n[nH]2)cc1. The smallest absolute Gasteiger partial charge is 0.236 e. The molecule has 0 aliphatic carbocycles. The molecule has 1 amide bonds. The van der Waals surface area contributed by atoms with Gasteiger partial charge >= 0.3 is 0 Å². The van der Waals surface area contributed by atoms with E-state index in [1.807, 2.05) is 36.1 Å². The van der Waals surface area contributed by atoms with Gasteiger partial charge in [-0.25, -0.2) is 4.98 Å². The fraction of sp³-hybridized carbons (Fsp3) is 0.526. The second-order valence-corrected chi connectivity index (χ2v) is 8.14. The van der Waals surface area contributed by atoms with Gasteiger partial charge in [-0.2, -0.15) is 0 Å². The Labute approximate surface area is 158 Å². The number of nitrogens with zero attached hydrogens (tertiary/aromatic N) is 3. The van der Waals surface area contributed by atoms with E-state index in [2.05, 4.69) is 29.0 Å². The number of carbonyl (C=O) groups excluding carboxylic acids is 1. The molecule has 1 aromatic carbocycles. The Morgan fingerprint density at radius 1 is 1.27 bits per heavy atom. The van der Waals surface area contributed by atoms with Crippen LogP contribution >= 0.6 is 11.8 Å². The van der Waals surface area contributed by atoms with Crippen molar-refractivity contribution in [1.82, 2.24) is 20.1 Å². The van der Waals surface area contributed by atoms with Crippen LogP contribution in [0.25, 0.3) is 11.4 Å². The minimum Gasteiger partial charge on any atom is -0.497 e. The summed E-state index contributed by atoms with van der Waals surface area (Å²) in [7, 11) is 1.64. The lowest BCUT2D eigenvalue weighted by Gasteiger charge is -2.40. The van der Waals surface area contributed by atoms with E-state index >= 15 is 0 Å². The number of nitrogens with one attached hydrogen (secondary N) is 1. The Morgan fingerprint density at radius 2 is 1.92 bits per heavy atom. The zero-order chi connectivity index (χ0) is 18.7. The lowest BCUT2D eigenvalue weighted by Crippen LogP contribution is -2.50. The van der Waals surface area contributed by atoms with Crippen molar-refractivity contribution in [3.63, 3.8) is 0 Å². The van der Waals surface area contributed by atoms with E-state index in [-0.39, 0.29) is 11.2 Å². The molecule has 0 unspecified atom stereocenters. The average Bonchev–Trinajstić information content (AvgIpc) is 3.10. The number of likely N-dealkylation sites (tertiary alicyclic amines) is 1. The third kappa shape index (κ3) is 4.03. The van der Waals surface area contributed by atoms with Crippen LogP contribution in [0.1, 0.15) is 40.0 Å². The average molecular weight is 375 g/mol. The van der Waals surface area contributed by atoms with Crippen molar-refractivity contribution in [3.8, 4) is 17.1 Å². The quantitative estimate of drug-likeness (QED) is 0.807. The highest BCUT2D eigenvalue weighted by Gasteiger charge is 2.32. The number of benzene rings is 1. The monoisotopic (exact) mass is 374 g/mol. The molecule has 1 aromatic heterocycles. The maximum absolute atomic E-state index is 12.9. The zero-order valence-electron chi connectivity index (χ0n) is 15.7. The van der Waals surface area contributed by atoms with Crippen molar-refractivity contribution < 1.29 is 9.53 Å². The highest BCUT2D eigenvalue weighted by molar-refractivity contribution is 8.00. The minimum atomic E-state index is -0.211. The van der Waals surface area contributed by atoms with Crippen molar-refractivity contribution in [3.05, 3.63) is 24.3 Å². The minimum absolute atomic E-state index is 0.172. The number of piperidine rings is 1. The van der Waals surface area contributed by atoms with Gasteiger partial charge in [0.25, 0.3) is 0 Å². The molecule has 26 heavy (non-hydrogen) atoms. The predicted molar refractivity (Wildman–Crippen MR) is 103 cm³/mol.